The monoisotopic (exact) mass is 444 g/mol. The van der Waals surface area contributed by atoms with E-state index in [0.29, 0.717) is 16.4 Å². The Labute approximate surface area is 190 Å². The molecule has 0 aliphatic rings. The summed E-state index contributed by atoms with van der Waals surface area (Å²) < 4.78 is 0. The number of aromatic nitrogens is 2. The van der Waals surface area contributed by atoms with Crippen LogP contribution in [0.2, 0.25) is 5.02 Å². The summed E-state index contributed by atoms with van der Waals surface area (Å²) in [5.74, 6) is 0.381. The first-order valence-electron chi connectivity index (χ1n) is 9.90. The van der Waals surface area contributed by atoms with Crippen LogP contribution in [0.3, 0.4) is 0 Å². The molecule has 4 aromatic rings. The van der Waals surface area contributed by atoms with Crippen molar-refractivity contribution in [2.75, 3.05) is 16.5 Å². The number of hydrogen-bond donors (Lipinski definition) is 4. The molecular formula is C24H21ClN6O. The second-order valence-corrected chi connectivity index (χ2v) is 7.41. The van der Waals surface area contributed by atoms with Gasteiger partial charge in [-0.15, -0.1) is 0 Å². The molecule has 0 radical (unpaired) electrons. The third-order valence-corrected chi connectivity index (χ3v) is 5.08. The lowest BCUT2D eigenvalue weighted by atomic mass is 9.99. The predicted octanol–water partition coefficient (Wildman–Crippen LogP) is 4.67. The lowest BCUT2D eigenvalue weighted by Crippen LogP contribution is -2.30. The van der Waals surface area contributed by atoms with E-state index in [2.05, 4.69) is 26.1 Å². The molecule has 0 spiro atoms. The Morgan fingerprint density at radius 2 is 1.38 bits per heavy atom. The van der Waals surface area contributed by atoms with Crippen LogP contribution in [0.25, 0.3) is 0 Å². The fraction of sp³-hybridized carbons (Fsp3) is 0.0417. The minimum atomic E-state index is -0.347. The van der Waals surface area contributed by atoms with Crippen LogP contribution in [-0.2, 0) is 0 Å². The van der Waals surface area contributed by atoms with Gasteiger partial charge in [-0.1, -0.05) is 72.3 Å². The predicted molar refractivity (Wildman–Crippen MR) is 127 cm³/mol. The molecule has 1 heterocycles. The van der Waals surface area contributed by atoms with Crippen LogP contribution in [0, 0.1) is 0 Å². The lowest BCUT2D eigenvalue weighted by Gasteiger charge is -2.22. The Morgan fingerprint density at radius 1 is 0.812 bits per heavy atom. The van der Waals surface area contributed by atoms with E-state index in [9.17, 15) is 4.79 Å². The van der Waals surface area contributed by atoms with Crippen LogP contribution in [0.4, 0.5) is 17.3 Å². The number of halogens is 1. The summed E-state index contributed by atoms with van der Waals surface area (Å²) in [6, 6.07) is 26.4. The molecule has 3 aromatic carbocycles. The molecule has 0 aliphatic heterocycles. The highest BCUT2D eigenvalue weighted by atomic mass is 35.5. The molecule has 0 atom stereocenters. The summed E-state index contributed by atoms with van der Waals surface area (Å²) >= 11 is 5.87. The second-order valence-electron chi connectivity index (χ2n) is 6.97. The number of nitrogen functional groups attached to an aromatic ring is 1. The third-order valence-electron chi connectivity index (χ3n) is 4.83. The van der Waals surface area contributed by atoms with Gasteiger partial charge in [-0.3, -0.25) is 15.6 Å². The Bertz CT molecular complexity index is 1150. The molecule has 7 nitrogen and oxygen atoms in total. The maximum absolute atomic E-state index is 12.4. The summed E-state index contributed by atoms with van der Waals surface area (Å²) in [5.41, 5.74) is 14.5. The van der Waals surface area contributed by atoms with E-state index in [1.165, 1.54) is 6.33 Å². The van der Waals surface area contributed by atoms with E-state index in [4.69, 9.17) is 17.3 Å². The number of rotatable bonds is 7. The summed E-state index contributed by atoms with van der Waals surface area (Å²) in [6.07, 6.45) is 1.38. The maximum atomic E-state index is 12.4. The van der Waals surface area contributed by atoms with Gasteiger partial charge in [0.25, 0.3) is 5.91 Å². The quantitative estimate of drug-likeness (QED) is 0.309. The number of amides is 1. The highest BCUT2D eigenvalue weighted by Crippen LogP contribution is 2.30. The maximum Gasteiger partial charge on any atom is 0.269 e. The molecule has 0 fully saturated rings. The summed E-state index contributed by atoms with van der Waals surface area (Å²) in [6.45, 7) is 0. The standard InChI is InChI=1S/C24H21ClN6O/c25-19-13-11-18(12-14-19)24(32)31-30-23-20(26)22(27-15-28-23)29-21(16-7-3-1-4-8-16)17-9-5-2-6-10-17/h1-15,21H,26H2,(H,31,32)(H2,27,28,29,30). The zero-order valence-corrected chi connectivity index (χ0v) is 17.8. The average molecular weight is 445 g/mol. The van der Waals surface area contributed by atoms with Crippen molar-refractivity contribution in [3.05, 3.63) is 113 Å². The van der Waals surface area contributed by atoms with Gasteiger partial charge in [-0.2, -0.15) is 0 Å². The van der Waals surface area contributed by atoms with Crippen molar-refractivity contribution in [3.63, 3.8) is 0 Å². The lowest BCUT2D eigenvalue weighted by molar-refractivity contribution is 0.0962. The normalized spacial score (nSPS) is 10.6. The van der Waals surface area contributed by atoms with Gasteiger partial charge in [0.1, 0.15) is 12.0 Å². The van der Waals surface area contributed by atoms with Crippen LogP contribution in [0.5, 0.6) is 0 Å². The minimum Gasteiger partial charge on any atom is -0.393 e. The van der Waals surface area contributed by atoms with Gasteiger partial charge in [0, 0.05) is 10.6 Å². The molecule has 0 unspecified atom stereocenters. The molecule has 160 valence electrons. The van der Waals surface area contributed by atoms with Crippen molar-refractivity contribution < 1.29 is 4.79 Å². The largest absolute Gasteiger partial charge is 0.393 e. The number of nitrogens with one attached hydrogen (secondary N) is 3. The van der Waals surface area contributed by atoms with E-state index in [1.54, 1.807) is 24.3 Å². The van der Waals surface area contributed by atoms with Crippen molar-refractivity contribution in [2.24, 2.45) is 0 Å². The van der Waals surface area contributed by atoms with E-state index >= 15 is 0 Å². The van der Waals surface area contributed by atoms with Crippen molar-refractivity contribution in [1.82, 2.24) is 15.4 Å². The first-order chi connectivity index (χ1) is 15.6. The minimum absolute atomic E-state index is 0.175. The number of carbonyl (C=O) groups excluding carboxylic acids is 1. The summed E-state index contributed by atoms with van der Waals surface area (Å²) in [4.78, 5) is 20.8. The number of anilines is 3. The van der Waals surface area contributed by atoms with Crippen LogP contribution < -0.4 is 21.9 Å². The summed E-state index contributed by atoms with van der Waals surface area (Å²) in [5, 5.41) is 3.95. The average Bonchev–Trinajstić information content (AvgIpc) is 2.84. The van der Waals surface area contributed by atoms with Gasteiger partial charge < -0.3 is 11.1 Å². The van der Waals surface area contributed by atoms with Gasteiger partial charge in [0.05, 0.1) is 6.04 Å². The molecule has 4 rings (SSSR count). The number of hydrogen-bond acceptors (Lipinski definition) is 6. The number of carbonyl (C=O) groups is 1. The van der Waals surface area contributed by atoms with Gasteiger partial charge in [-0.05, 0) is 35.4 Å². The van der Waals surface area contributed by atoms with Crippen molar-refractivity contribution in [1.29, 1.82) is 0 Å². The Hall–Kier alpha value is -4.10. The topological polar surface area (TPSA) is 105 Å². The molecule has 0 aliphatic carbocycles. The van der Waals surface area contributed by atoms with Crippen LogP contribution >= 0.6 is 11.6 Å². The zero-order chi connectivity index (χ0) is 22.3. The first kappa shape index (κ1) is 21.1. The Morgan fingerprint density at radius 3 is 1.97 bits per heavy atom. The van der Waals surface area contributed by atoms with Crippen molar-refractivity contribution in [3.8, 4) is 0 Å². The molecule has 5 N–H and O–H groups in total. The van der Waals surface area contributed by atoms with E-state index in [-0.39, 0.29) is 23.5 Å². The number of nitrogens with two attached hydrogens (primary N) is 1. The van der Waals surface area contributed by atoms with Crippen LogP contribution in [0.1, 0.15) is 27.5 Å². The molecule has 1 aromatic heterocycles. The fourth-order valence-electron chi connectivity index (χ4n) is 3.19. The molecule has 0 saturated carbocycles. The van der Waals surface area contributed by atoms with Crippen molar-refractivity contribution in [2.45, 2.75) is 6.04 Å². The van der Waals surface area contributed by atoms with E-state index < -0.39 is 0 Å². The van der Waals surface area contributed by atoms with Gasteiger partial charge >= 0.3 is 0 Å². The SMILES string of the molecule is Nc1c(NNC(=O)c2ccc(Cl)cc2)ncnc1NC(c1ccccc1)c1ccccc1. The zero-order valence-electron chi connectivity index (χ0n) is 17.0. The Balaban J connectivity index is 1.54. The summed E-state index contributed by atoms with van der Waals surface area (Å²) in [7, 11) is 0. The number of nitrogens with zero attached hydrogens (tertiary/aromatic N) is 2. The molecule has 0 saturated heterocycles. The highest BCUT2D eigenvalue weighted by molar-refractivity contribution is 6.30. The van der Waals surface area contributed by atoms with Crippen molar-refractivity contribution >= 4 is 34.8 Å². The van der Waals surface area contributed by atoms with E-state index in [0.717, 1.165) is 11.1 Å². The highest BCUT2D eigenvalue weighted by Gasteiger charge is 2.17. The molecule has 1 amide bonds. The first-order valence-corrected chi connectivity index (χ1v) is 10.3. The number of hydrazine groups is 1. The van der Waals surface area contributed by atoms with Gasteiger partial charge in [-0.25, -0.2) is 9.97 Å². The van der Waals surface area contributed by atoms with Gasteiger partial charge in [0.15, 0.2) is 11.6 Å². The Kier molecular flexibility index (Phi) is 6.48. The molecular weight excluding hydrogens is 424 g/mol. The third kappa shape index (κ3) is 4.96. The van der Waals surface area contributed by atoms with Crippen LogP contribution in [-0.4, -0.2) is 15.9 Å². The molecule has 32 heavy (non-hydrogen) atoms. The van der Waals surface area contributed by atoms with Crippen LogP contribution in [0.15, 0.2) is 91.3 Å². The molecule has 8 heteroatoms. The second kappa shape index (κ2) is 9.80. The van der Waals surface area contributed by atoms with E-state index in [1.807, 2.05) is 60.7 Å². The smallest absolute Gasteiger partial charge is 0.269 e. The fourth-order valence-corrected chi connectivity index (χ4v) is 3.31. The number of benzene rings is 3. The molecule has 0 bridgehead atoms. The van der Waals surface area contributed by atoms with Gasteiger partial charge in [0.2, 0.25) is 0 Å².